The number of hydrogen-bond acceptors (Lipinski definition) is 2. The summed E-state index contributed by atoms with van der Waals surface area (Å²) in [5.41, 5.74) is 5.31. The molecule has 0 radical (unpaired) electrons. The lowest BCUT2D eigenvalue weighted by Gasteiger charge is -2.14. The van der Waals surface area contributed by atoms with Crippen molar-refractivity contribution < 1.29 is 18.0 Å². The van der Waals surface area contributed by atoms with E-state index in [0.29, 0.717) is 12.8 Å². The Kier molecular flexibility index (Phi) is 3.19. The van der Waals surface area contributed by atoms with Crippen LogP contribution in [0.5, 0.6) is 0 Å². The Morgan fingerprint density at radius 1 is 1.18 bits per heavy atom. The second-order valence-corrected chi connectivity index (χ2v) is 4.29. The number of ketones is 1. The first-order valence-corrected chi connectivity index (χ1v) is 5.45. The average molecular weight is 243 g/mol. The second kappa shape index (κ2) is 4.49. The molecule has 2 atom stereocenters. The van der Waals surface area contributed by atoms with Gasteiger partial charge in [0.05, 0.1) is 5.56 Å². The Hall–Kier alpha value is -1.36. The lowest BCUT2D eigenvalue weighted by Crippen LogP contribution is -2.31. The third-order valence-electron chi connectivity index (χ3n) is 3.21. The van der Waals surface area contributed by atoms with Gasteiger partial charge in [0.15, 0.2) is 23.2 Å². The molecule has 5 heteroatoms. The van der Waals surface area contributed by atoms with Gasteiger partial charge in [0.1, 0.15) is 0 Å². The highest BCUT2D eigenvalue weighted by Gasteiger charge is 2.33. The first-order chi connectivity index (χ1) is 8.02. The first kappa shape index (κ1) is 12.1. The van der Waals surface area contributed by atoms with Crippen LogP contribution in [0.25, 0.3) is 0 Å². The molecule has 2 rings (SSSR count). The van der Waals surface area contributed by atoms with Crippen LogP contribution >= 0.6 is 0 Å². The fourth-order valence-electron chi connectivity index (χ4n) is 2.23. The summed E-state index contributed by atoms with van der Waals surface area (Å²) in [5.74, 6) is -5.35. The summed E-state index contributed by atoms with van der Waals surface area (Å²) in [7, 11) is 0. The summed E-state index contributed by atoms with van der Waals surface area (Å²) in [4.78, 5) is 11.9. The lowest BCUT2D eigenvalue weighted by atomic mass is 9.93. The molecule has 0 spiro atoms. The van der Waals surface area contributed by atoms with E-state index in [2.05, 4.69) is 0 Å². The number of hydrogen-bond donors (Lipinski definition) is 1. The van der Waals surface area contributed by atoms with Crippen LogP contribution < -0.4 is 5.73 Å². The van der Waals surface area contributed by atoms with E-state index in [1.54, 1.807) is 0 Å². The zero-order valence-corrected chi connectivity index (χ0v) is 9.05. The van der Waals surface area contributed by atoms with E-state index in [9.17, 15) is 18.0 Å². The van der Waals surface area contributed by atoms with Gasteiger partial charge in [-0.05, 0) is 25.0 Å². The topological polar surface area (TPSA) is 43.1 Å². The zero-order valence-electron chi connectivity index (χ0n) is 9.05. The van der Waals surface area contributed by atoms with Crippen LogP contribution in [0.3, 0.4) is 0 Å². The molecular weight excluding hydrogens is 231 g/mol. The van der Waals surface area contributed by atoms with Gasteiger partial charge in [-0.15, -0.1) is 0 Å². The van der Waals surface area contributed by atoms with Crippen LogP contribution in [-0.4, -0.2) is 11.8 Å². The van der Waals surface area contributed by atoms with E-state index in [1.807, 2.05) is 0 Å². The second-order valence-electron chi connectivity index (χ2n) is 4.29. The lowest BCUT2D eigenvalue weighted by molar-refractivity contribution is 0.0908. The minimum atomic E-state index is -1.61. The maximum Gasteiger partial charge on any atom is 0.195 e. The molecule has 0 amide bonds. The van der Waals surface area contributed by atoms with Crippen molar-refractivity contribution in [2.45, 2.75) is 25.3 Å². The van der Waals surface area contributed by atoms with Crippen LogP contribution in [-0.2, 0) is 0 Å². The molecule has 17 heavy (non-hydrogen) atoms. The molecule has 92 valence electrons. The van der Waals surface area contributed by atoms with Crippen molar-refractivity contribution in [3.05, 3.63) is 35.1 Å². The average Bonchev–Trinajstić information content (AvgIpc) is 2.72. The molecule has 2 nitrogen and oxygen atoms in total. The molecule has 2 N–H and O–H groups in total. The fourth-order valence-corrected chi connectivity index (χ4v) is 2.23. The molecule has 0 saturated heterocycles. The molecule has 2 unspecified atom stereocenters. The summed E-state index contributed by atoms with van der Waals surface area (Å²) >= 11 is 0. The van der Waals surface area contributed by atoms with Gasteiger partial charge in [-0.3, -0.25) is 4.79 Å². The Morgan fingerprint density at radius 3 is 2.47 bits per heavy atom. The van der Waals surface area contributed by atoms with Crippen LogP contribution in [0.4, 0.5) is 13.2 Å². The highest BCUT2D eigenvalue weighted by Crippen LogP contribution is 2.29. The number of benzene rings is 1. The summed E-state index contributed by atoms with van der Waals surface area (Å²) in [6, 6.07) is 1.41. The third kappa shape index (κ3) is 2.07. The van der Waals surface area contributed by atoms with E-state index >= 15 is 0 Å². The van der Waals surface area contributed by atoms with Gasteiger partial charge in [-0.1, -0.05) is 6.42 Å². The van der Waals surface area contributed by atoms with Gasteiger partial charge in [0.25, 0.3) is 0 Å². The maximum atomic E-state index is 13.4. The van der Waals surface area contributed by atoms with Crippen molar-refractivity contribution in [2.75, 3.05) is 0 Å². The standard InChI is InChI=1S/C12H12F3NO/c13-8-5-4-7(10(14)11(8)15)12(17)6-2-1-3-9(6)16/h4-6,9H,1-3,16H2. The summed E-state index contributed by atoms with van der Waals surface area (Å²) in [5, 5.41) is 0. The maximum absolute atomic E-state index is 13.4. The number of nitrogens with two attached hydrogens (primary N) is 1. The number of Topliss-reactive ketones (excluding diaryl/α,β-unsaturated/α-hetero) is 1. The Bertz CT molecular complexity index is 461. The largest absolute Gasteiger partial charge is 0.327 e. The fraction of sp³-hybridized carbons (Fsp3) is 0.417. The van der Waals surface area contributed by atoms with Crippen molar-refractivity contribution >= 4 is 5.78 Å². The van der Waals surface area contributed by atoms with Crippen molar-refractivity contribution in [3.63, 3.8) is 0 Å². The molecule has 0 heterocycles. The van der Waals surface area contributed by atoms with Crippen LogP contribution in [0.1, 0.15) is 29.6 Å². The third-order valence-corrected chi connectivity index (χ3v) is 3.21. The summed E-state index contributed by atoms with van der Waals surface area (Å²) in [6.45, 7) is 0. The van der Waals surface area contributed by atoms with Crippen molar-refractivity contribution in [1.29, 1.82) is 0 Å². The predicted octanol–water partition coefficient (Wildman–Crippen LogP) is 2.41. The van der Waals surface area contributed by atoms with Crippen molar-refractivity contribution in [1.82, 2.24) is 0 Å². The normalized spacial score (nSPS) is 24.0. The molecule has 0 bridgehead atoms. The van der Waals surface area contributed by atoms with Gasteiger partial charge in [0.2, 0.25) is 0 Å². The number of halogens is 3. The Labute approximate surface area is 96.6 Å². The van der Waals surface area contributed by atoms with E-state index in [0.717, 1.165) is 18.6 Å². The minimum Gasteiger partial charge on any atom is -0.327 e. The highest BCUT2D eigenvalue weighted by molar-refractivity contribution is 5.98. The first-order valence-electron chi connectivity index (χ1n) is 5.45. The SMILES string of the molecule is NC1CCCC1C(=O)c1ccc(F)c(F)c1F. The van der Waals surface area contributed by atoms with Gasteiger partial charge in [0, 0.05) is 12.0 Å². The van der Waals surface area contributed by atoms with Gasteiger partial charge in [-0.2, -0.15) is 0 Å². The van der Waals surface area contributed by atoms with E-state index < -0.39 is 34.7 Å². The molecule has 1 aromatic carbocycles. The van der Waals surface area contributed by atoms with E-state index in [-0.39, 0.29) is 6.04 Å². The van der Waals surface area contributed by atoms with E-state index in [4.69, 9.17) is 5.73 Å². The highest BCUT2D eigenvalue weighted by atomic mass is 19.2. The Morgan fingerprint density at radius 2 is 1.88 bits per heavy atom. The molecular formula is C12H12F3NO. The molecule has 1 saturated carbocycles. The molecule has 0 aromatic heterocycles. The van der Waals surface area contributed by atoms with E-state index in [1.165, 1.54) is 0 Å². The summed E-state index contributed by atoms with van der Waals surface area (Å²) < 4.78 is 39.1. The smallest absolute Gasteiger partial charge is 0.195 e. The number of rotatable bonds is 2. The molecule has 1 fully saturated rings. The molecule has 1 aliphatic rings. The van der Waals surface area contributed by atoms with Gasteiger partial charge < -0.3 is 5.73 Å². The van der Waals surface area contributed by atoms with Crippen molar-refractivity contribution in [2.24, 2.45) is 11.7 Å². The van der Waals surface area contributed by atoms with Crippen LogP contribution in [0.15, 0.2) is 12.1 Å². The van der Waals surface area contributed by atoms with Crippen LogP contribution in [0, 0.1) is 23.4 Å². The molecule has 1 aromatic rings. The van der Waals surface area contributed by atoms with Crippen LogP contribution in [0.2, 0.25) is 0 Å². The van der Waals surface area contributed by atoms with Crippen molar-refractivity contribution in [3.8, 4) is 0 Å². The van der Waals surface area contributed by atoms with Gasteiger partial charge in [-0.25, -0.2) is 13.2 Å². The minimum absolute atomic E-state index is 0.324. The Balaban J connectivity index is 2.34. The monoisotopic (exact) mass is 243 g/mol. The van der Waals surface area contributed by atoms with Gasteiger partial charge >= 0.3 is 0 Å². The molecule has 1 aliphatic carbocycles. The molecule has 0 aliphatic heterocycles. The number of carbonyl (C=O) groups excluding carboxylic acids is 1. The number of carbonyl (C=O) groups is 1. The predicted molar refractivity (Wildman–Crippen MR) is 56.0 cm³/mol. The zero-order chi connectivity index (χ0) is 12.6. The quantitative estimate of drug-likeness (QED) is 0.640. The summed E-state index contributed by atoms with van der Waals surface area (Å²) in [6.07, 6.45) is 2.06.